The Kier molecular flexibility index (Phi) is 5.12. The minimum atomic E-state index is -1.72. The van der Waals surface area contributed by atoms with Crippen LogP contribution < -0.4 is 0 Å². The van der Waals surface area contributed by atoms with Crippen LogP contribution in [-0.2, 0) is 11.2 Å². The van der Waals surface area contributed by atoms with Crippen molar-refractivity contribution in [1.29, 1.82) is 0 Å². The van der Waals surface area contributed by atoms with Crippen molar-refractivity contribution >= 4 is 5.97 Å². The molecule has 0 saturated carbocycles. The molecular weight excluding hydrogens is 240 g/mol. The van der Waals surface area contributed by atoms with Crippen molar-refractivity contribution in [3.8, 4) is 0 Å². The van der Waals surface area contributed by atoms with Gasteiger partial charge in [0.25, 0.3) is 0 Å². The third kappa shape index (κ3) is 2.98. The van der Waals surface area contributed by atoms with E-state index >= 15 is 0 Å². The number of hydrogen-bond acceptors (Lipinski definition) is 2. The molecule has 3 nitrogen and oxygen atoms in total. The number of aliphatic carboxylic acids is 1. The molecule has 106 valence electrons. The SMILES string of the molecule is CCc1ccc(C(CC)C(O)(C(=O)O)C(C)C)cc1. The third-order valence-corrected chi connectivity index (χ3v) is 3.95. The van der Waals surface area contributed by atoms with Crippen LogP contribution in [0, 0.1) is 5.92 Å². The summed E-state index contributed by atoms with van der Waals surface area (Å²) >= 11 is 0. The van der Waals surface area contributed by atoms with E-state index in [1.54, 1.807) is 13.8 Å². The monoisotopic (exact) mass is 264 g/mol. The van der Waals surface area contributed by atoms with Crippen molar-refractivity contribution in [3.63, 3.8) is 0 Å². The number of rotatable bonds is 6. The molecule has 0 radical (unpaired) electrons. The number of benzene rings is 1. The lowest BCUT2D eigenvalue weighted by molar-refractivity contribution is -0.167. The number of carbonyl (C=O) groups is 1. The van der Waals surface area contributed by atoms with Gasteiger partial charge in [-0.2, -0.15) is 0 Å². The number of carboxylic acids is 1. The fraction of sp³-hybridized carbons (Fsp3) is 0.562. The number of aliphatic hydroxyl groups is 1. The summed E-state index contributed by atoms with van der Waals surface area (Å²) < 4.78 is 0. The van der Waals surface area contributed by atoms with E-state index in [-0.39, 0.29) is 5.92 Å². The normalized spacial score (nSPS) is 16.1. The van der Waals surface area contributed by atoms with Gasteiger partial charge in [0.05, 0.1) is 0 Å². The zero-order valence-electron chi connectivity index (χ0n) is 12.2. The summed E-state index contributed by atoms with van der Waals surface area (Å²) in [4.78, 5) is 11.5. The molecule has 2 atom stereocenters. The van der Waals surface area contributed by atoms with E-state index < -0.39 is 17.5 Å². The number of aryl methyl sites for hydroxylation is 1. The lowest BCUT2D eigenvalue weighted by Gasteiger charge is -2.35. The van der Waals surface area contributed by atoms with Gasteiger partial charge in [-0.1, -0.05) is 52.0 Å². The van der Waals surface area contributed by atoms with Gasteiger partial charge in [-0.25, -0.2) is 4.79 Å². The predicted octanol–water partition coefficient (Wildman–Crippen LogP) is 3.21. The van der Waals surface area contributed by atoms with Crippen LogP contribution in [0.3, 0.4) is 0 Å². The first-order valence-corrected chi connectivity index (χ1v) is 6.92. The second-order valence-corrected chi connectivity index (χ2v) is 5.34. The fourth-order valence-electron chi connectivity index (χ4n) is 2.59. The highest BCUT2D eigenvalue weighted by Crippen LogP contribution is 2.37. The van der Waals surface area contributed by atoms with E-state index in [0.717, 1.165) is 12.0 Å². The molecule has 0 aromatic heterocycles. The highest BCUT2D eigenvalue weighted by Gasteiger charge is 2.46. The van der Waals surface area contributed by atoms with E-state index in [4.69, 9.17) is 0 Å². The molecule has 0 aliphatic rings. The maximum Gasteiger partial charge on any atom is 0.336 e. The molecule has 0 spiro atoms. The molecule has 0 fully saturated rings. The molecule has 19 heavy (non-hydrogen) atoms. The van der Waals surface area contributed by atoms with Gasteiger partial charge in [-0.3, -0.25) is 0 Å². The minimum Gasteiger partial charge on any atom is -0.479 e. The van der Waals surface area contributed by atoms with Crippen LogP contribution in [0.1, 0.15) is 51.2 Å². The summed E-state index contributed by atoms with van der Waals surface area (Å²) in [6, 6.07) is 7.87. The first-order valence-electron chi connectivity index (χ1n) is 6.92. The van der Waals surface area contributed by atoms with Crippen molar-refractivity contribution in [2.24, 2.45) is 5.92 Å². The van der Waals surface area contributed by atoms with Gasteiger partial charge in [0.1, 0.15) is 0 Å². The summed E-state index contributed by atoms with van der Waals surface area (Å²) in [5.74, 6) is -1.88. The Morgan fingerprint density at radius 2 is 1.74 bits per heavy atom. The van der Waals surface area contributed by atoms with E-state index in [0.29, 0.717) is 6.42 Å². The van der Waals surface area contributed by atoms with Crippen LogP contribution in [0.15, 0.2) is 24.3 Å². The maximum absolute atomic E-state index is 11.5. The summed E-state index contributed by atoms with van der Waals surface area (Å²) in [7, 11) is 0. The van der Waals surface area contributed by atoms with Crippen molar-refractivity contribution in [1.82, 2.24) is 0 Å². The van der Waals surface area contributed by atoms with Crippen LogP contribution in [0.4, 0.5) is 0 Å². The highest BCUT2D eigenvalue weighted by atomic mass is 16.4. The number of carboxylic acid groups (broad SMARTS) is 1. The minimum absolute atomic E-state index is 0.346. The predicted molar refractivity (Wildman–Crippen MR) is 76.3 cm³/mol. The Balaban J connectivity index is 3.20. The van der Waals surface area contributed by atoms with Crippen molar-refractivity contribution in [2.75, 3.05) is 0 Å². The van der Waals surface area contributed by atoms with Crippen LogP contribution >= 0.6 is 0 Å². The largest absolute Gasteiger partial charge is 0.479 e. The Morgan fingerprint density at radius 1 is 1.21 bits per heavy atom. The second kappa shape index (κ2) is 6.20. The summed E-state index contributed by atoms with van der Waals surface area (Å²) in [5.41, 5.74) is 0.378. The third-order valence-electron chi connectivity index (χ3n) is 3.95. The fourth-order valence-corrected chi connectivity index (χ4v) is 2.59. The molecule has 0 amide bonds. The van der Waals surface area contributed by atoms with Crippen LogP contribution in [0.2, 0.25) is 0 Å². The van der Waals surface area contributed by atoms with Crippen LogP contribution in [0.5, 0.6) is 0 Å². The smallest absolute Gasteiger partial charge is 0.336 e. The Labute approximate surface area is 115 Å². The van der Waals surface area contributed by atoms with E-state index in [2.05, 4.69) is 6.92 Å². The average molecular weight is 264 g/mol. The Hall–Kier alpha value is -1.35. The van der Waals surface area contributed by atoms with Crippen molar-refractivity contribution in [2.45, 2.75) is 52.1 Å². The molecule has 0 aliphatic heterocycles. The first kappa shape index (κ1) is 15.7. The van der Waals surface area contributed by atoms with E-state index in [1.165, 1.54) is 5.56 Å². The molecule has 2 unspecified atom stereocenters. The average Bonchev–Trinajstić information content (AvgIpc) is 2.39. The van der Waals surface area contributed by atoms with E-state index in [1.807, 2.05) is 31.2 Å². The summed E-state index contributed by atoms with van der Waals surface area (Å²) in [5, 5.41) is 20.0. The molecule has 3 heteroatoms. The van der Waals surface area contributed by atoms with Crippen molar-refractivity contribution < 1.29 is 15.0 Å². The summed E-state index contributed by atoms with van der Waals surface area (Å²) in [6.45, 7) is 7.48. The second-order valence-electron chi connectivity index (χ2n) is 5.34. The van der Waals surface area contributed by atoms with Gasteiger partial charge < -0.3 is 10.2 Å². The quantitative estimate of drug-likeness (QED) is 0.829. The van der Waals surface area contributed by atoms with Gasteiger partial charge >= 0.3 is 5.97 Å². The van der Waals surface area contributed by atoms with E-state index in [9.17, 15) is 15.0 Å². The Morgan fingerprint density at radius 3 is 2.05 bits per heavy atom. The van der Waals surface area contributed by atoms with Gasteiger partial charge in [0.15, 0.2) is 5.60 Å². The molecule has 1 rings (SSSR count). The van der Waals surface area contributed by atoms with Gasteiger partial charge in [-0.15, -0.1) is 0 Å². The highest BCUT2D eigenvalue weighted by molar-refractivity contribution is 5.79. The molecule has 2 N–H and O–H groups in total. The molecule has 1 aromatic carbocycles. The van der Waals surface area contributed by atoms with Gasteiger partial charge in [0, 0.05) is 5.92 Å². The topological polar surface area (TPSA) is 57.5 Å². The molecule has 0 aliphatic carbocycles. The van der Waals surface area contributed by atoms with Crippen molar-refractivity contribution in [3.05, 3.63) is 35.4 Å². The first-order chi connectivity index (χ1) is 8.87. The van der Waals surface area contributed by atoms with Crippen LogP contribution in [-0.4, -0.2) is 21.8 Å². The van der Waals surface area contributed by atoms with Gasteiger partial charge in [0.2, 0.25) is 0 Å². The lowest BCUT2D eigenvalue weighted by Crippen LogP contribution is -2.49. The zero-order valence-corrected chi connectivity index (χ0v) is 12.2. The Bertz CT molecular complexity index is 422. The standard InChI is InChI=1S/C16H24O3/c1-5-12-7-9-13(10-8-12)14(6-2)16(19,11(3)4)15(17)18/h7-11,14,19H,5-6H2,1-4H3,(H,17,18). The van der Waals surface area contributed by atoms with Crippen LogP contribution in [0.25, 0.3) is 0 Å². The lowest BCUT2D eigenvalue weighted by atomic mass is 9.73. The number of hydrogen-bond donors (Lipinski definition) is 2. The molecule has 0 heterocycles. The molecule has 1 aromatic rings. The molecule has 0 bridgehead atoms. The maximum atomic E-state index is 11.5. The molecule has 0 saturated heterocycles. The summed E-state index contributed by atoms with van der Waals surface area (Å²) in [6.07, 6.45) is 1.54. The van der Waals surface area contributed by atoms with Gasteiger partial charge in [-0.05, 0) is 29.9 Å². The zero-order chi connectivity index (χ0) is 14.6. The molecular formula is C16H24O3.